The van der Waals surface area contributed by atoms with Crippen molar-refractivity contribution in [2.45, 2.75) is 23.6 Å². The molecule has 2 aromatic carbocycles. The van der Waals surface area contributed by atoms with E-state index in [0.29, 0.717) is 12.3 Å². The second-order valence-corrected chi connectivity index (χ2v) is 8.55. The van der Waals surface area contributed by atoms with E-state index in [-0.39, 0.29) is 16.5 Å². The van der Waals surface area contributed by atoms with Gasteiger partial charge in [0, 0.05) is 19.5 Å². The van der Waals surface area contributed by atoms with Gasteiger partial charge in [0.25, 0.3) is 10.0 Å². The van der Waals surface area contributed by atoms with Gasteiger partial charge in [0.1, 0.15) is 5.75 Å². The first kappa shape index (κ1) is 21.3. The molecule has 0 bridgehead atoms. The van der Waals surface area contributed by atoms with Crippen LogP contribution in [0.5, 0.6) is 11.5 Å². The Morgan fingerprint density at radius 3 is 2.48 bits per heavy atom. The van der Waals surface area contributed by atoms with E-state index in [4.69, 9.17) is 4.74 Å². The number of hydrogen-bond donors (Lipinski definition) is 1. The van der Waals surface area contributed by atoms with Crippen LogP contribution in [-0.4, -0.2) is 42.0 Å². The van der Waals surface area contributed by atoms with Crippen LogP contribution in [0.15, 0.2) is 47.4 Å². The number of hydrogen-bond acceptors (Lipinski definition) is 5. The molecule has 1 saturated heterocycles. The molecule has 3 rings (SSSR count). The van der Waals surface area contributed by atoms with Gasteiger partial charge in [-0.2, -0.15) is 0 Å². The van der Waals surface area contributed by atoms with Crippen LogP contribution in [0.25, 0.3) is 0 Å². The Bertz CT molecular complexity index is 974. The molecule has 0 aromatic heterocycles. The Labute approximate surface area is 167 Å². The van der Waals surface area contributed by atoms with Crippen molar-refractivity contribution in [1.29, 1.82) is 0 Å². The molecule has 6 nitrogen and oxygen atoms in total. The number of nitrogens with one attached hydrogen (secondary N) is 1. The number of ether oxygens (including phenoxy) is 2. The molecule has 1 heterocycles. The summed E-state index contributed by atoms with van der Waals surface area (Å²) < 4.78 is 74.5. The molecule has 10 heteroatoms. The number of methoxy groups -OCH3 is 1. The second-order valence-electron chi connectivity index (χ2n) is 6.58. The highest BCUT2D eigenvalue weighted by molar-refractivity contribution is 7.92. The van der Waals surface area contributed by atoms with Gasteiger partial charge in [-0.25, -0.2) is 8.42 Å². The summed E-state index contributed by atoms with van der Waals surface area (Å²) in [5.74, 6) is 0.0622. The molecule has 0 radical (unpaired) electrons. The third-order valence-corrected chi connectivity index (χ3v) is 6.56. The van der Waals surface area contributed by atoms with E-state index in [0.717, 1.165) is 28.9 Å². The molecule has 1 N–H and O–H groups in total. The van der Waals surface area contributed by atoms with Crippen molar-refractivity contribution in [3.8, 4) is 11.5 Å². The predicted octanol–water partition coefficient (Wildman–Crippen LogP) is 3.50. The molecule has 0 aliphatic carbocycles. The lowest BCUT2D eigenvalue weighted by atomic mass is 9.97. The van der Waals surface area contributed by atoms with Crippen molar-refractivity contribution >= 4 is 15.7 Å². The Kier molecular flexibility index (Phi) is 5.95. The Morgan fingerprint density at radius 2 is 1.86 bits per heavy atom. The van der Waals surface area contributed by atoms with Crippen molar-refractivity contribution in [3.05, 3.63) is 48.0 Å². The van der Waals surface area contributed by atoms with Gasteiger partial charge < -0.3 is 14.8 Å². The Morgan fingerprint density at radius 1 is 1.14 bits per heavy atom. The largest absolute Gasteiger partial charge is 0.573 e. The highest BCUT2D eigenvalue weighted by Crippen LogP contribution is 2.37. The summed E-state index contributed by atoms with van der Waals surface area (Å²) in [6.45, 7) is 1.50. The standard InChI is InChI=1S/C19H21F3N2O4S/c1-24(16-5-3-4-6-18(16)28-19(20,21)22)29(25,26)14-7-8-17(27-2)15(11-14)13-9-10-23-12-13/h3-8,11,13,23H,9-10,12H2,1-2H3/t13-/m0/s1. The molecular formula is C19H21F3N2O4S. The molecule has 1 fully saturated rings. The van der Waals surface area contributed by atoms with Crippen LogP contribution >= 0.6 is 0 Å². The molecule has 0 saturated carbocycles. The molecule has 2 aromatic rings. The minimum absolute atomic E-state index is 0.0375. The van der Waals surface area contributed by atoms with E-state index in [1.807, 2.05) is 0 Å². The number of sulfonamides is 1. The fourth-order valence-corrected chi connectivity index (χ4v) is 4.57. The molecule has 0 amide bonds. The van der Waals surface area contributed by atoms with Crippen LogP contribution in [0, 0.1) is 0 Å². The number of nitrogens with zero attached hydrogens (tertiary/aromatic N) is 1. The summed E-state index contributed by atoms with van der Waals surface area (Å²) in [4.78, 5) is -0.0375. The maximum absolute atomic E-state index is 13.1. The normalized spacial score (nSPS) is 17.2. The zero-order valence-corrected chi connectivity index (χ0v) is 16.7. The molecule has 158 valence electrons. The number of alkyl halides is 3. The smallest absolute Gasteiger partial charge is 0.496 e. The van der Waals surface area contributed by atoms with E-state index in [1.54, 1.807) is 6.07 Å². The molecular weight excluding hydrogens is 409 g/mol. The highest BCUT2D eigenvalue weighted by Gasteiger charge is 2.34. The van der Waals surface area contributed by atoms with Crippen LogP contribution in [0.4, 0.5) is 18.9 Å². The first-order valence-electron chi connectivity index (χ1n) is 8.86. The van der Waals surface area contributed by atoms with Crippen molar-refractivity contribution < 1.29 is 31.1 Å². The predicted molar refractivity (Wildman–Crippen MR) is 102 cm³/mol. The van der Waals surface area contributed by atoms with Gasteiger partial charge in [0.2, 0.25) is 0 Å². The molecule has 29 heavy (non-hydrogen) atoms. The lowest BCUT2D eigenvalue weighted by Crippen LogP contribution is -2.28. The number of anilines is 1. The third kappa shape index (κ3) is 4.59. The molecule has 1 aliphatic heterocycles. The summed E-state index contributed by atoms with van der Waals surface area (Å²) >= 11 is 0. The minimum Gasteiger partial charge on any atom is -0.496 e. The van der Waals surface area contributed by atoms with Gasteiger partial charge in [-0.1, -0.05) is 12.1 Å². The van der Waals surface area contributed by atoms with E-state index in [1.165, 1.54) is 44.5 Å². The minimum atomic E-state index is -4.94. The maximum Gasteiger partial charge on any atom is 0.573 e. The van der Waals surface area contributed by atoms with Gasteiger partial charge >= 0.3 is 6.36 Å². The van der Waals surface area contributed by atoms with Crippen LogP contribution in [0.2, 0.25) is 0 Å². The van der Waals surface area contributed by atoms with E-state index in [2.05, 4.69) is 10.1 Å². The van der Waals surface area contributed by atoms with Gasteiger partial charge in [0.05, 0.1) is 17.7 Å². The number of rotatable bonds is 6. The van der Waals surface area contributed by atoms with Gasteiger partial charge in [0.15, 0.2) is 5.75 Å². The van der Waals surface area contributed by atoms with E-state index < -0.39 is 22.1 Å². The molecule has 1 aliphatic rings. The molecule has 0 unspecified atom stereocenters. The third-order valence-electron chi connectivity index (χ3n) is 4.79. The fourth-order valence-electron chi connectivity index (χ4n) is 3.33. The quantitative estimate of drug-likeness (QED) is 0.760. The zero-order valence-electron chi connectivity index (χ0n) is 15.9. The average molecular weight is 430 g/mol. The Balaban J connectivity index is 2.00. The maximum atomic E-state index is 13.1. The van der Waals surface area contributed by atoms with Crippen molar-refractivity contribution in [2.75, 3.05) is 31.6 Å². The lowest BCUT2D eigenvalue weighted by Gasteiger charge is -2.23. The van der Waals surface area contributed by atoms with Crippen LogP contribution in [0.1, 0.15) is 17.9 Å². The second kappa shape index (κ2) is 8.11. The SMILES string of the molecule is COc1ccc(S(=O)(=O)N(C)c2ccccc2OC(F)(F)F)cc1[C@H]1CCNC1. The number of para-hydroxylation sites is 2. The summed E-state index contributed by atoms with van der Waals surface area (Å²) in [6, 6.07) is 9.56. The first-order chi connectivity index (χ1) is 13.6. The summed E-state index contributed by atoms with van der Waals surface area (Å²) in [6.07, 6.45) is -4.11. The summed E-state index contributed by atoms with van der Waals surface area (Å²) in [5.41, 5.74) is 0.525. The van der Waals surface area contributed by atoms with Crippen LogP contribution in [0.3, 0.4) is 0 Å². The summed E-state index contributed by atoms with van der Waals surface area (Å²) in [7, 11) is -1.44. The number of benzene rings is 2. The number of halogens is 3. The van der Waals surface area contributed by atoms with Gasteiger partial charge in [-0.3, -0.25) is 4.31 Å². The zero-order chi connectivity index (χ0) is 21.2. The van der Waals surface area contributed by atoms with Gasteiger partial charge in [-0.05, 0) is 48.9 Å². The van der Waals surface area contributed by atoms with Crippen LogP contribution < -0.4 is 19.1 Å². The van der Waals surface area contributed by atoms with Crippen molar-refractivity contribution in [1.82, 2.24) is 5.32 Å². The average Bonchev–Trinajstić information content (AvgIpc) is 3.20. The molecule has 1 atom stereocenters. The topological polar surface area (TPSA) is 67.9 Å². The van der Waals surface area contributed by atoms with E-state index in [9.17, 15) is 21.6 Å². The van der Waals surface area contributed by atoms with Crippen molar-refractivity contribution in [2.24, 2.45) is 0 Å². The molecule has 0 spiro atoms. The summed E-state index contributed by atoms with van der Waals surface area (Å²) in [5, 5.41) is 3.22. The lowest BCUT2D eigenvalue weighted by molar-refractivity contribution is -0.274. The van der Waals surface area contributed by atoms with E-state index >= 15 is 0 Å². The Hall–Kier alpha value is -2.46. The van der Waals surface area contributed by atoms with Gasteiger partial charge in [-0.15, -0.1) is 13.2 Å². The first-order valence-corrected chi connectivity index (χ1v) is 10.3. The fraction of sp³-hybridized carbons (Fsp3) is 0.368. The van der Waals surface area contributed by atoms with Crippen LogP contribution in [-0.2, 0) is 10.0 Å². The highest BCUT2D eigenvalue weighted by atomic mass is 32.2. The van der Waals surface area contributed by atoms with Crippen molar-refractivity contribution in [3.63, 3.8) is 0 Å². The monoisotopic (exact) mass is 430 g/mol.